The summed E-state index contributed by atoms with van der Waals surface area (Å²) in [5.74, 6) is -0.947. The Bertz CT molecular complexity index is 455. The molecule has 1 aromatic rings. The Balaban J connectivity index is 2.64. The Morgan fingerprint density at radius 3 is 2.84 bits per heavy atom. The van der Waals surface area contributed by atoms with Crippen LogP contribution >= 0.6 is 0 Å². The van der Waals surface area contributed by atoms with Gasteiger partial charge in [0.05, 0.1) is 6.61 Å². The van der Waals surface area contributed by atoms with Crippen molar-refractivity contribution in [3.05, 3.63) is 35.7 Å². The number of hydrogen-bond acceptors (Lipinski definition) is 2. The molecular formula is C15H19FO3. The summed E-state index contributed by atoms with van der Waals surface area (Å²) in [6.07, 6.45) is 4.43. The summed E-state index contributed by atoms with van der Waals surface area (Å²) in [4.78, 5) is 10.4. The normalized spacial score (nSPS) is 12.6. The van der Waals surface area contributed by atoms with E-state index in [2.05, 4.69) is 13.8 Å². The van der Waals surface area contributed by atoms with Gasteiger partial charge in [-0.1, -0.05) is 26.3 Å². The summed E-state index contributed by atoms with van der Waals surface area (Å²) in [6.45, 7) is 4.64. The third kappa shape index (κ3) is 5.55. The molecule has 0 heterocycles. The molecule has 0 radical (unpaired) electrons. The van der Waals surface area contributed by atoms with Crippen LogP contribution in [0.5, 0.6) is 5.75 Å². The molecule has 0 saturated carbocycles. The van der Waals surface area contributed by atoms with Crippen molar-refractivity contribution in [2.75, 3.05) is 6.61 Å². The lowest BCUT2D eigenvalue weighted by atomic mass is 10.1. The van der Waals surface area contributed by atoms with Gasteiger partial charge in [-0.2, -0.15) is 0 Å². The van der Waals surface area contributed by atoms with Crippen molar-refractivity contribution in [1.82, 2.24) is 0 Å². The first-order chi connectivity index (χ1) is 9.02. The van der Waals surface area contributed by atoms with E-state index in [0.717, 1.165) is 18.9 Å². The molecule has 0 spiro atoms. The van der Waals surface area contributed by atoms with Crippen LogP contribution < -0.4 is 4.74 Å². The highest BCUT2D eigenvalue weighted by Crippen LogP contribution is 2.20. The Hall–Kier alpha value is -1.84. The first kappa shape index (κ1) is 15.2. The first-order valence-corrected chi connectivity index (χ1v) is 6.36. The Labute approximate surface area is 112 Å². The molecule has 4 heteroatoms. The lowest BCUT2D eigenvalue weighted by Gasteiger charge is -2.12. The van der Waals surface area contributed by atoms with Gasteiger partial charge in [0.1, 0.15) is 0 Å². The average Bonchev–Trinajstić information content (AvgIpc) is 2.35. The topological polar surface area (TPSA) is 46.5 Å². The molecule has 1 N–H and O–H groups in total. The van der Waals surface area contributed by atoms with E-state index in [9.17, 15) is 9.18 Å². The van der Waals surface area contributed by atoms with Crippen LogP contribution in [0.2, 0.25) is 0 Å². The van der Waals surface area contributed by atoms with E-state index >= 15 is 0 Å². The summed E-state index contributed by atoms with van der Waals surface area (Å²) in [6, 6.07) is 4.41. The molecule has 3 nitrogen and oxygen atoms in total. The standard InChI is InChI=1S/C15H19FO3/c1-3-4-11(2)10-19-14-7-5-12(9-13(14)16)6-8-15(17)18/h5-9,11H,3-4,10H2,1-2H3,(H,17,18)/b8-6+. The van der Waals surface area contributed by atoms with Gasteiger partial charge in [0.25, 0.3) is 0 Å². The average molecular weight is 266 g/mol. The molecule has 1 unspecified atom stereocenters. The van der Waals surface area contributed by atoms with Crippen LogP contribution in [0.3, 0.4) is 0 Å². The molecule has 1 atom stereocenters. The third-order valence-corrected chi connectivity index (χ3v) is 2.68. The van der Waals surface area contributed by atoms with Crippen molar-refractivity contribution in [2.24, 2.45) is 5.92 Å². The smallest absolute Gasteiger partial charge is 0.328 e. The molecule has 0 aliphatic rings. The van der Waals surface area contributed by atoms with Crippen LogP contribution in [0.4, 0.5) is 4.39 Å². The molecule has 0 amide bonds. The highest BCUT2D eigenvalue weighted by molar-refractivity contribution is 5.85. The van der Waals surface area contributed by atoms with Crippen molar-refractivity contribution in [1.29, 1.82) is 0 Å². The van der Waals surface area contributed by atoms with E-state index in [1.165, 1.54) is 18.2 Å². The molecule has 1 aromatic carbocycles. The minimum atomic E-state index is -1.06. The molecule has 1 rings (SSSR count). The molecule has 0 aliphatic heterocycles. The summed E-state index contributed by atoms with van der Waals surface area (Å²) < 4.78 is 19.1. The summed E-state index contributed by atoms with van der Waals surface area (Å²) >= 11 is 0. The molecule has 0 aliphatic carbocycles. The fourth-order valence-electron chi connectivity index (χ4n) is 1.71. The number of aliphatic carboxylic acids is 1. The van der Waals surface area contributed by atoms with E-state index in [0.29, 0.717) is 18.1 Å². The van der Waals surface area contributed by atoms with Gasteiger partial charge >= 0.3 is 5.97 Å². The number of carbonyl (C=O) groups is 1. The number of hydrogen-bond donors (Lipinski definition) is 1. The molecule has 0 aromatic heterocycles. The van der Waals surface area contributed by atoms with Gasteiger partial charge in [0, 0.05) is 6.08 Å². The van der Waals surface area contributed by atoms with Crippen LogP contribution in [0.1, 0.15) is 32.3 Å². The van der Waals surface area contributed by atoms with Crippen LogP contribution in [0.25, 0.3) is 6.08 Å². The van der Waals surface area contributed by atoms with Crippen LogP contribution in [-0.2, 0) is 4.79 Å². The zero-order valence-electron chi connectivity index (χ0n) is 11.2. The Morgan fingerprint density at radius 2 is 2.26 bits per heavy atom. The van der Waals surface area contributed by atoms with Gasteiger partial charge in [0.15, 0.2) is 11.6 Å². The van der Waals surface area contributed by atoms with Crippen molar-refractivity contribution in [3.8, 4) is 5.75 Å². The van der Waals surface area contributed by atoms with E-state index < -0.39 is 11.8 Å². The summed E-state index contributed by atoms with van der Waals surface area (Å²) in [7, 11) is 0. The van der Waals surface area contributed by atoms with Gasteiger partial charge in [-0.25, -0.2) is 9.18 Å². The van der Waals surface area contributed by atoms with E-state index in [1.54, 1.807) is 6.07 Å². The maximum atomic E-state index is 13.7. The Morgan fingerprint density at radius 1 is 1.53 bits per heavy atom. The zero-order valence-corrected chi connectivity index (χ0v) is 11.2. The number of halogens is 1. The van der Waals surface area contributed by atoms with Crippen LogP contribution in [-0.4, -0.2) is 17.7 Å². The third-order valence-electron chi connectivity index (χ3n) is 2.68. The summed E-state index contributed by atoms with van der Waals surface area (Å²) in [5.41, 5.74) is 0.494. The second kappa shape index (κ2) is 7.56. The molecule has 0 fully saturated rings. The maximum absolute atomic E-state index is 13.7. The number of carboxylic acid groups (broad SMARTS) is 1. The Kier molecular flexibility index (Phi) is 6.06. The number of carboxylic acids is 1. The number of benzene rings is 1. The van der Waals surface area contributed by atoms with Crippen LogP contribution in [0, 0.1) is 11.7 Å². The van der Waals surface area contributed by atoms with Gasteiger partial charge in [-0.15, -0.1) is 0 Å². The molecule has 19 heavy (non-hydrogen) atoms. The number of ether oxygens (including phenoxy) is 1. The predicted molar refractivity (Wildman–Crippen MR) is 72.6 cm³/mol. The van der Waals surface area contributed by atoms with Gasteiger partial charge in [0.2, 0.25) is 0 Å². The number of rotatable bonds is 7. The van der Waals surface area contributed by atoms with Gasteiger partial charge in [-0.3, -0.25) is 0 Å². The monoisotopic (exact) mass is 266 g/mol. The molecule has 104 valence electrons. The molecular weight excluding hydrogens is 247 g/mol. The van der Waals surface area contributed by atoms with E-state index in [1.807, 2.05) is 0 Å². The van der Waals surface area contributed by atoms with Gasteiger partial charge in [-0.05, 0) is 36.1 Å². The lowest BCUT2D eigenvalue weighted by Crippen LogP contribution is -2.09. The SMILES string of the molecule is CCCC(C)COc1ccc(/C=C/C(=O)O)cc1F. The second-order valence-electron chi connectivity index (χ2n) is 4.57. The zero-order chi connectivity index (χ0) is 14.3. The lowest BCUT2D eigenvalue weighted by molar-refractivity contribution is -0.131. The van der Waals surface area contributed by atoms with E-state index in [4.69, 9.17) is 9.84 Å². The van der Waals surface area contributed by atoms with Crippen molar-refractivity contribution in [3.63, 3.8) is 0 Å². The predicted octanol–water partition coefficient (Wildman–Crippen LogP) is 3.74. The largest absolute Gasteiger partial charge is 0.490 e. The van der Waals surface area contributed by atoms with E-state index in [-0.39, 0.29) is 5.75 Å². The minimum Gasteiger partial charge on any atom is -0.490 e. The fourth-order valence-corrected chi connectivity index (χ4v) is 1.71. The van der Waals surface area contributed by atoms with Crippen molar-refractivity contribution < 1.29 is 19.0 Å². The van der Waals surface area contributed by atoms with Crippen molar-refractivity contribution in [2.45, 2.75) is 26.7 Å². The highest BCUT2D eigenvalue weighted by atomic mass is 19.1. The second-order valence-corrected chi connectivity index (χ2v) is 4.57. The fraction of sp³-hybridized carbons (Fsp3) is 0.400. The molecule has 0 bridgehead atoms. The highest BCUT2D eigenvalue weighted by Gasteiger charge is 2.07. The van der Waals surface area contributed by atoms with Crippen LogP contribution in [0.15, 0.2) is 24.3 Å². The van der Waals surface area contributed by atoms with Crippen molar-refractivity contribution >= 4 is 12.0 Å². The quantitative estimate of drug-likeness (QED) is 0.765. The van der Waals surface area contributed by atoms with Gasteiger partial charge < -0.3 is 9.84 Å². The minimum absolute atomic E-state index is 0.204. The first-order valence-electron chi connectivity index (χ1n) is 6.36. The maximum Gasteiger partial charge on any atom is 0.328 e. The molecule has 0 saturated heterocycles. The summed E-state index contributed by atoms with van der Waals surface area (Å²) in [5, 5.41) is 8.49.